The van der Waals surface area contributed by atoms with Crippen molar-refractivity contribution in [2.24, 2.45) is 0 Å². The summed E-state index contributed by atoms with van der Waals surface area (Å²) in [5.41, 5.74) is 2.04. The first kappa shape index (κ1) is 18.7. The fourth-order valence-corrected chi connectivity index (χ4v) is 4.03. The Morgan fingerprint density at radius 3 is 1.88 bits per heavy atom. The summed E-state index contributed by atoms with van der Waals surface area (Å²) in [6, 6.07) is 21.4. The van der Waals surface area contributed by atoms with Gasteiger partial charge in [0.2, 0.25) is 0 Å². The van der Waals surface area contributed by atoms with Crippen molar-refractivity contribution in [3.63, 3.8) is 0 Å². The van der Waals surface area contributed by atoms with Crippen LogP contribution in [0.4, 0.5) is 0 Å². The zero-order chi connectivity index (χ0) is 16.3. The average Bonchev–Trinajstić information content (AvgIpc) is 2.56. The number of hydrogen-bond donors (Lipinski definition) is 1. The van der Waals surface area contributed by atoms with E-state index in [9.17, 15) is 5.11 Å². The molecule has 0 amide bonds. The lowest BCUT2D eigenvalue weighted by molar-refractivity contribution is -1.03. The number of quaternary nitrogens is 1. The average molecular weight is 344 g/mol. The second-order valence-corrected chi connectivity index (χ2v) is 6.94. The van der Waals surface area contributed by atoms with Crippen LogP contribution in [0.2, 0.25) is 0 Å². The fraction of sp³-hybridized carbons (Fsp3) is 0.333. The molecule has 2 atom stereocenters. The van der Waals surface area contributed by atoms with Crippen molar-refractivity contribution in [3.8, 4) is 0 Å². The van der Waals surface area contributed by atoms with Crippen LogP contribution in [0.1, 0.15) is 24.5 Å². The molecule has 0 aliphatic carbocycles. The van der Waals surface area contributed by atoms with E-state index in [0.717, 1.165) is 24.1 Å². The maximum Gasteiger partial charge on any atom is 0.168 e. The predicted molar refractivity (Wildman–Crippen MR) is 94.6 cm³/mol. The minimum Gasteiger partial charge on any atom is -1.00 e. The minimum absolute atomic E-state index is 0. The SMILES string of the molecule is C=CC[C@]1(O)C[N+](Cc2ccccc2)(Cc2ccccc2)[C@H]1C.[Cl-]. The summed E-state index contributed by atoms with van der Waals surface area (Å²) < 4.78 is 0.901. The molecule has 128 valence electrons. The summed E-state index contributed by atoms with van der Waals surface area (Å²) in [6.07, 6.45) is 2.51. The summed E-state index contributed by atoms with van der Waals surface area (Å²) in [6.45, 7) is 8.68. The van der Waals surface area contributed by atoms with Gasteiger partial charge in [-0.1, -0.05) is 66.7 Å². The summed E-state index contributed by atoms with van der Waals surface area (Å²) in [7, 11) is 0. The maximum atomic E-state index is 10.9. The second-order valence-electron chi connectivity index (χ2n) is 6.94. The molecule has 1 aliphatic heterocycles. The van der Waals surface area contributed by atoms with E-state index in [1.165, 1.54) is 11.1 Å². The van der Waals surface area contributed by atoms with Crippen molar-refractivity contribution < 1.29 is 22.0 Å². The van der Waals surface area contributed by atoms with Gasteiger partial charge in [0.25, 0.3) is 0 Å². The highest BCUT2D eigenvalue weighted by atomic mass is 35.5. The quantitative estimate of drug-likeness (QED) is 0.611. The fourth-order valence-electron chi connectivity index (χ4n) is 4.03. The lowest BCUT2D eigenvalue weighted by Gasteiger charge is -2.60. The van der Waals surface area contributed by atoms with Crippen LogP contribution < -0.4 is 12.4 Å². The monoisotopic (exact) mass is 343 g/mol. The molecule has 2 aromatic rings. The van der Waals surface area contributed by atoms with Crippen LogP contribution in [0, 0.1) is 0 Å². The van der Waals surface area contributed by atoms with Crippen LogP contribution in [0.5, 0.6) is 0 Å². The number of nitrogens with zero attached hydrogens (tertiary/aromatic N) is 1. The molecule has 24 heavy (non-hydrogen) atoms. The zero-order valence-corrected chi connectivity index (χ0v) is 15.0. The molecule has 3 rings (SSSR count). The third-order valence-corrected chi connectivity index (χ3v) is 5.37. The van der Waals surface area contributed by atoms with Crippen molar-refractivity contribution in [1.29, 1.82) is 0 Å². The number of aliphatic hydroxyl groups is 1. The second kappa shape index (κ2) is 7.52. The van der Waals surface area contributed by atoms with Gasteiger partial charge in [-0.2, -0.15) is 0 Å². The molecule has 1 heterocycles. The topological polar surface area (TPSA) is 20.2 Å². The van der Waals surface area contributed by atoms with E-state index in [0.29, 0.717) is 6.42 Å². The Labute approximate surface area is 151 Å². The lowest BCUT2D eigenvalue weighted by atomic mass is 9.77. The molecule has 0 spiro atoms. The molecule has 1 fully saturated rings. The molecule has 1 aliphatic rings. The first-order chi connectivity index (χ1) is 11.1. The van der Waals surface area contributed by atoms with Gasteiger partial charge < -0.3 is 22.0 Å². The first-order valence-corrected chi connectivity index (χ1v) is 8.35. The van der Waals surface area contributed by atoms with Crippen molar-refractivity contribution in [1.82, 2.24) is 0 Å². The summed E-state index contributed by atoms with van der Waals surface area (Å²) in [5, 5.41) is 10.9. The Morgan fingerprint density at radius 1 is 1.04 bits per heavy atom. The van der Waals surface area contributed by atoms with Gasteiger partial charge in [-0.3, -0.25) is 0 Å². The molecular formula is C21H26ClNO. The third-order valence-electron chi connectivity index (χ3n) is 5.37. The van der Waals surface area contributed by atoms with Crippen LogP contribution in [-0.2, 0) is 13.1 Å². The lowest BCUT2D eigenvalue weighted by Crippen LogP contribution is -3.00. The highest BCUT2D eigenvalue weighted by molar-refractivity contribution is 5.17. The third kappa shape index (κ3) is 3.56. The summed E-state index contributed by atoms with van der Waals surface area (Å²) >= 11 is 0. The number of rotatable bonds is 6. The van der Waals surface area contributed by atoms with E-state index in [1.54, 1.807) is 0 Å². The van der Waals surface area contributed by atoms with E-state index < -0.39 is 5.60 Å². The molecule has 0 aromatic heterocycles. The highest BCUT2D eigenvalue weighted by Crippen LogP contribution is 2.43. The minimum atomic E-state index is -0.620. The van der Waals surface area contributed by atoms with Gasteiger partial charge >= 0.3 is 0 Å². The molecule has 2 nitrogen and oxygen atoms in total. The van der Waals surface area contributed by atoms with Crippen LogP contribution in [0.15, 0.2) is 73.3 Å². The van der Waals surface area contributed by atoms with Gasteiger partial charge in [0, 0.05) is 17.5 Å². The Hall–Kier alpha value is -1.61. The molecule has 0 unspecified atom stereocenters. The molecular weight excluding hydrogens is 318 g/mol. The van der Waals surface area contributed by atoms with Gasteiger partial charge in [-0.05, 0) is 6.92 Å². The maximum absolute atomic E-state index is 10.9. The Kier molecular flexibility index (Phi) is 5.87. The van der Waals surface area contributed by atoms with E-state index in [2.05, 4.69) is 74.2 Å². The van der Waals surface area contributed by atoms with E-state index >= 15 is 0 Å². The number of likely N-dealkylation sites (tertiary alicyclic amines) is 1. The van der Waals surface area contributed by atoms with Gasteiger partial charge in [-0.25, -0.2) is 0 Å². The van der Waals surface area contributed by atoms with E-state index in [4.69, 9.17) is 0 Å². The highest BCUT2D eigenvalue weighted by Gasteiger charge is 2.61. The normalized spacial score (nSPS) is 24.5. The van der Waals surface area contributed by atoms with Gasteiger partial charge in [0.15, 0.2) is 5.60 Å². The van der Waals surface area contributed by atoms with Crippen LogP contribution >= 0.6 is 0 Å². The molecule has 2 aromatic carbocycles. The van der Waals surface area contributed by atoms with Gasteiger partial charge in [0.1, 0.15) is 25.7 Å². The van der Waals surface area contributed by atoms with E-state index in [1.807, 2.05) is 6.08 Å². The van der Waals surface area contributed by atoms with Crippen molar-refractivity contribution in [3.05, 3.63) is 84.4 Å². The Bertz CT molecular complexity index is 617. The molecule has 1 N–H and O–H groups in total. The van der Waals surface area contributed by atoms with Gasteiger partial charge in [-0.15, -0.1) is 6.58 Å². The van der Waals surface area contributed by atoms with Crippen molar-refractivity contribution in [2.45, 2.75) is 38.1 Å². The smallest absolute Gasteiger partial charge is 0.168 e. The van der Waals surface area contributed by atoms with Crippen molar-refractivity contribution >= 4 is 0 Å². The molecule has 3 heteroatoms. The van der Waals surface area contributed by atoms with E-state index in [-0.39, 0.29) is 18.4 Å². The standard InChI is InChI=1S/C21H26NO.ClH/c1-3-14-21(23)17-22(18(21)2,15-19-10-6-4-7-11-19)16-20-12-8-5-9-13-20;/h3-13,18,23H,1,14-17H2,2H3;1H/q+1;/p-1/t18-,21-;/m0./s1. The summed E-state index contributed by atoms with van der Waals surface area (Å²) in [5.74, 6) is 0. The number of halogens is 1. The van der Waals surface area contributed by atoms with Gasteiger partial charge in [0.05, 0.1) is 0 Å². The molecule has 1 saturated heterocycles. The zero-order valence-electron chi connectivity index (χ0n) is 14.2. The molecule has 0 saturated carbocycles. The number of benzene rings is 2. The molecule has 0 bridgehead atoms. The van der Waals surface area contributed by atoms with Crippen LogP contribution in [-0.4, -0.2) is 27.8 Å². The number of hydrogen-bond acceptors (Lipinski definition) is 1. The Morgan fingerprint density at radius 2 is 1.50 bits per heavy atom. The van der Waals surface area contributed by atoms with Crippen LogP contribution in [0.25, 0.3) is 0 Å². The largest absolute Gasteiger partial charge is 1.00 e. The molecule has 0 radical (unpaired) electrons. The predicted octanol–water partition coefficient (Wildman–Crippen LogP) is 0.917. The Balaban J connectivity index is 0.00000208. The summed E-state index contributed by atoms with van der Waals surface area (Å²) in [4.78, 5) is 0. The van der Waals surface area contributed by atoms with Crippen molar-refractivity contribution in [2.75, 3.05) is 6.54 Å². The first-order valence-electron chi connectivity index (χ1n) is 8.35. The van der Waals surface area contributed by atoms with Crippen LogP contribution in [0.3, 0.4) is 0 Å².